The zero-order valence-electron chi connectivity index (χ0n) is 8.82. The first-order valence-electron chi connectivity index (χ1n) is 4.87. The summed E-state index contributed by atoms with van der Waals surface area (Å²) in [7, 11) is 2.05. The summed E-state index contributed by atoms with van der Waals surface area (Å²) < 4.78 is 1.96. The molecule has 0 aliphatic carbocycles. The molecule has 4 nitrogen and oxygen atoms in total. The second-order valence-electron chi connectivity index (χ2n) is 4.14. The highest BCUT2D eigenvalue weighted by Gasteiger charge is 2.25. The molecule has 1 aromatic rings. The van der Waals surface area contributed by atoms with Crippen LogP contribution < -0.4 is 0 Å². The molecular formula is C10H15N3O. The number of hydrogen-bond acceptors (Lipinski definition) is 3. The fourth-order valence-electron chi connectivity index (χ4n) is 1.97. The summed E-state index contributed by atoms with van der Waals surface area (Å²) in [5.74, 6) is 0. The maximum atomic E-state index is 10.8. The van der Waals surface area contributed by atoms with Crippen molar-refractivity contribution >= 4 is 6.29 Å². The minimum Gasteiger partial charge on any atom is -0.296 e. The van der Waals surface area contributed by atoms with E-state index < -0.39 is 0 Å². The van der Waals surface area contributed by atoms with Gasteiger partial charge in [-0.05, 0) is 20.9 Å². The van der Waals surface area contributed by atoms with E-state index in [1.54, 1.807) is 0 Å². The molecule has 0 fully saturated rings. The van der Waals surface area contributed by atoms with Crippen LogP contribution in [0.15, 0.2) is 0 Å². The van der Waals surface area contributed by atoms with Gasteiger partial charge in [0.2, 0.25) is 0 Å². The molecule has 0 bridgehead atoms. The van der Waals surface area contributed by atoms with Gasteiger partial charge in [-0.3, -0.25) is 14.4 Å². The van der Waals surface area contributed by atoms with Crippen LogP contribution in [0.4, 0.5) is 0 Å². The van der Waals surface area contributed by atoms with Gasteiger partial charge < -0.3 is 0 Å². The van der Waals surface area contributed by atoms with Crippen molar-refractivity contribution in [1.82, 2.24) is 14.7 Å². The van der Waals surface area contributed by atoms with E-state index >= 15 is 0 Å². The summed E-state index contributed by atoms with van der Waals surface area (Å²) in [6.45, 7) is 5.91. The maximum absolute atomic E-state index is 10.8. The highest BCUT2D eigenvalue weighted by atomic mass is 16.1. The minimum atomic E-state index is 0.323. The molecule has 0 spiro atoms. The molecule has 0 amide bonds. The Bertz CT molecular complexity index is 368. The molecule has 1 aromatic heterocycles. The van der Waals surface area contributed by atoms with Crippen LogP contribution in [0.25, 0.3) is 0 Å². The van der Waals surface area contributed by atoms with E-state index in [-0.39, 0.29) is 0 Å². The quantitative estimate of drug-likeness (QED) is 0.663. The van der Waals surface area contributed by atoms with E-state index in [1.807, 2.05) is 4.68 Å². The van der Waals surface area contributed by atoms with Crippen molar-refractivity contribution in [2.45, 2.75) is 33.0 Å². The standard InChI is InChI=1S/C10H15N3O/c1-7(2)13-10-5-12(3)4-8(10)9(6-14)11-13/h6-7H,4-5H2,1-3H3. The van der Waals surface area contributed by atoms with Gasteiger partial charge in [0, 0.05) is 24.7 Å². The van der Waals surface area contributed by atoms with Gasteiger partial charge in [-0.15, -0.1) is 0 Å². The second kappa shape index (κ2) is 3.20. The van der Waals surface area contributed by atoms with Gasteiger partial charge in [-0.2, -0.15) is 5.10 Å². The Kier molecular flexibility index (Phi) is 2.15. The lowest BCUT2D eigenvalue weighted by Crippen LogP contribution is -2.14. The average molecular weight is 193 g/mol. The van der Waals surface area contributed by atoms with Crippen LogP contribution in [-0.4, -0.2) is 28.0 Å². The van der Waals surface area contributed by atoms with Crippen molar-refractivity contribution in [2.24, 2.45) is 0 Å². The van der Waals surface area contributed by atoms with Gasteiger partial charge in [0.15, 0.2) is 6.29 Å². The molecule has 0 saturated heterocycles. The van der Waals surface area contributed by atoms with Crippen LogP contribution in [0.2, 0.25) is 0 Å². The van der Waals surface area contributed by atoms with Crippen molar-refractivity contribution in [3.8, 4) is 0 Å². The summed E-state index contributed by atoms with van der Waals surface area (Å²) in [5.41, 5.74) is 2.92. The molecule has 0 unspecified atom stereocenters. The first-order valence-corrected chi connectivity index (χ1v) is 4.87. The van der Waals surface area contributed by atoms with Gasteiger partial charge >= 0.3 is 0 Å². The van der Waals surface area contributed by atoms with Crippen molar-refractivity contribution in [3.63, 3.8) is 0 Å². The molecule has 4 heteroatoms. The summed E-state index contributed by atoms with van der Waals surface area (Å²) in [5, 5.41) is 4.31. The molecule has 1 aliphatic rings. The first-order chi connectivity index (χ1) is 6.63. The fourth-order valence-corrected chi connectivity index (χ4v) is 1.97. The van der Waals surface area contributed by atoms with Crippen molar-refractivity contribution < 1.29 is 4.79 Å². The molecule has 2 heterocycles. The number of fused-ring (bicyclic) bond motifs is 1. The Labute approximate surface area is 83.5 Å². The number of nitrogens with zero attached hydrogens (tertiary/aromatic N) is 3. The third kappa shape index (κ3) is 1.26. The maximum Gasteiger partial charge on any atom is 0.170 e. The monoisotopic (exact) mass is 193 g/mol. The molecule has 0 radical (unpaired) electrons. The summed E-state index contributed by atoms with van der Waals surface area (Å²) in [6, 6.07) is 0.323. The number of aromatic nitrogens is 2. The number of aldehydes is 1. The minimum absolute atomic E-state index is 0.323. The molecule has 0 aromatic carbocycles. The van der Waals surface area contributed by atoms with Crippen molar-refractivity contribution in [1.29, 1.82) is 0 Å². The summed E-state index contributed by atoms with van der Waals surface area (Å²) in [4.78, 5) is 13.0. The molecule has 0 saturated carbocycles. The number of hydrogen-bond donors (Lipinski definition) is 0. The van der Waals surface area contributed by atoms with E-state index in [1.165, 1.54) is 5.69 Å². The highest BCUT2D eigenvalue weighted by Crippen LogP contribution is 2.25. The molecule has 76 valence electrons. The van der Waals surface area contributed by atoms with Crippen molar-refractivity contribution in [2.75, 3.05) is 7.05 Å². The Balaban J connectivity index is 2.51. The molecular weight excluding hydrogens is 178 g/mol. The Morgan fingerprint density at radius 1 is 1.43 bits per heavy atom. The zero-order valence-corrected chi connectivity index (χ0v) is 8.82. The van der Waals surface area contributed by atoms with E-state index in [0.29, 0.717) is 11.7 Å². The smallest absolute Gasteiger partial charge is 0.170 e. The first kappa shape index (κ1) is 9.40. The topological polar surface area (TPSA) is 38.1 Å². The van der Waals surface area contributed by atoms with Crippen LogP contribution >= 0.6 is 0 Å². The van der Waals surface area contributed by atoms with E-state index in [9.17, 15) is 4.79 Å². The predicted octanol–water partition coefficient (Wildman–Crippen LogP) is 1.22. The van der Waals surface area contributed by atoms with Gasteiger partial charge in [0.1, 0.15) is 5.69 Å². The zero-order chi connectivity index (χ0) is 10.3. The van der Waals surface area contributed by atoms with Crippen LogP contribution in [0.3, 0.4) is 0 Å². The number of carbonyl (C=O) groups is 1. The normalized spacial score (nSPS) is 16.3. The SMILES string of the molecule is CC(C)n1nc(C=O)c2c1CN(C)C2. The second-order valence-corrected chi connectivity index (χ2v) is 4.14. The molecule has 14 heavy (non-hydrogen) atoms. The summed E-state index contributed by atoms with van der Waals surface area (Å²) >= 11 is 0. The summed E-state index contributed by atoms with van der Waals surface area (Å²) in [6.07, 6.45) is 0.858. The third-order valence-corrected chi connectivity index (χ3v) is 2.60. The highest BCUT2D eigenvalue weighted by molar-refractivity contribution is 5.75. The largest absolute Gasteiger partial charge is 0.296 e. The van der Waals surface area contributed by atoms with Crippen LogP contribution in [0.1, 0.15) is 41.6 Å². The van der Waals surface area contributed by atoms with E-state index in [2.05, 4.69) is 30.9 Å². The lowest BCUT2D eigenvalue weighted by atomic mass is 10.2. The van der Waals surface area contributed by atoms with Gasteiger partial charge in [0.25, 0.3) is 0 Å². The molecule has 0 atom stereocenters. The van der Waals surface area contributed by atoms with Crippen LogP contribution in [0, 0.1) is 0 Å². The fraction of sp³-hybridized carbons (Fsp3) is 0.600. The van der Waals surface area contributed by atoms with Gasteiger partial charge in [0.05, 0.1) is 5.69 Å². The number of rotatable bonds is 2. The average Bonchev–Trinajstić information content (AvgIpc) is 2.60. The third-order valence-electron chi connectivity index (χ3n) is 2.60. The van der Waals surface area contributed by atoms with E-state index in [4.69, 9.17) is 0 Å². The lowest BCUT2D eigenvalue weighted by molar-refractivity contribution is 0.111. The Hall–Kier alpha value is -1.16. The van der Waals surface area contributed by atoms with Crippen LogP contribution in [0.5, 0.6) is 0 Å². The van der Waals surface area contributed by atoms with Gasteiger partial charge in [-0.1, -0.05) is 0 Å². The number of carbonyl (C=O) groups excluding carboxylic acids is 1. The molecule has 0 N–H and O–H groups in total. The Morgan fingerprint density at radius 3 is 2.71 bits per heavy atom. The molecule has 2 rings (SSSR count). The van der Waals surface area contributed by atoms with E-state index in [0.717, 1.165) is 24.9 Å². The Morgan fingerprint density at radius 2 is 2.14 bits per heavy atom. The predicted molar refractivity (Wildman–Crippen MR) is 53.2 cm³/mol. The van der Waals surface area contributed by atoms with Crippen molar-refractivity contribution in [3.05, 3.63) is 17.0 Å². The lowest BCUT2D eigenvalue weighted by Gasteiger charge is -2.11. The molecule has 1 aliphatic heterocycles. The van der Waals surface area contributed by atoms with Crippen LogP contribution in [-0.2, 0) is 13.1 Å². The van der Waals surface area contributed by atoms with Gasteiger partial charge in [-0.25, -0.2) is 0 Å².